The van der Waals surface area contributed by atoms with Crippen LogP contribution in [0.3, 0.4) is 0 Å². The van der Waals surface area contributed by atoms with Crippen molar-refractivity contribution in [2.45, 2.75) is 43.9 Å². The predicted octanol–water partition coefficient (Wildman–Crippen LogP) is 2.96. The average Bonchev–Trinajstić information content (AvgIpc) is 2.47. The summed E-state index contributed by atoms with van der Waals surface area (Å²) < 4.78 is 38.4. The van der Waals surface area contributed by atoms with E-state index in [0.717, 1.165) is 5.56 Å². The molecule has 1 fully saturated rings. The van der Waals surface area contributed by atoms with Gasteiger partial charge in [-0.25, -0.2) is 0 Å². The van der Waals surface area contributed by atoms with Gasteiger partial charge in [-0.2, -0.15) is 13.2 Å². The standard InChI is InChI=1S/C15H22F3N3/c1-21(10-12-4-8-20-9-5-12)14(11-19)6-2-13(3-7-14)15(16,17)18/h4-5,8-9,13H,2-3,6-7,10-11,19H2,1H3. The highest BCUT2D eigenvalue weighted by molar-refractivity contribution is 5.10. The van der Waals surface area contributed by atoms with Gasteiger partial charge in [0.15, 0.2) is 0 Å². The molecule has 2 N–H and O–H groups in total. The summed E-state index contributed by atoms with van der Waals surface area (Å²) in [5.41, 5.74) is 6.68. The van der Waals surface area contributed by atoms with Crippen LogP contribution in [0.5, 0.6) is 0 Å². The zero-order valence-electron chi connectivity index (χ0n) is 12.2. The maximum Gasteiger partial charge on any atom is 0.391 e. The molecule has 0 saturated heterocycles. The minimum atomic E-state index is -4.08. The lowest BCUT2D eigenvalue weighted by atomic mass is 9.75. The minimum Gasteiger partial charge on any atom is -0.329 e. The van der Waals surface area contributed by atoms with E-state index in [2.05, 4.69) is 9.88 Å². The Kier molecular flexibility index (Phi) is 4.88. The Balaban J connectivity index is 2.02. The molecule has 0 amide bonds. The second kappa shape index (κ2) is 6.32. The summed E-state index contributed by atoms with van der Waals surface area (Å²) in [6.07, 6.45) is 0.690. The quantitative estimate of drug-likeness (QED) is 0.929. The number of nitrogens with two attached hydrogens (primary N) is 1. The van der Waals surface area contributed by atoms with Crippen LogP contribution in [0.15, 0.2) is 24.5 Å². The van der Waals surface area contributed by atoms with Crippen molar-refractivity contribution in [1.29, 1.82) is 0 Å². The summed E-state index contributed by atoms with van der Waals surface area (Å²) in [4.78, 5) is 6.08. The molecule has 0 aliphatic heterocycles. The lowest BCUT2D eigenvalue weighted by molar-refractivity contribution is -0.188. The van der Waals surface area contributed by atoms with Crippen LogP contribution in [0.2, 0.25) is 0 Å². The summed E-state index contributed by atoms with van der Waals surface area (Å²) in [5.74, 6) is -1.17. The van der Waals surface area contributed by atoms with Crippen LogP contribution in [0, 0.1) is 5.92 Å². The molecule has 1 aromatic rings. The number of hydrogen-bond donors (Lipinski definition) is 1. The van der Waals surface area contributed by atoms with Gasteiger partial charge in [0.05, 0.1) is 5.92 Å². The van der Waals surface area contributed by atoms with Crippen molar-refractivity contribution in [2.24, 2.45) is 11.7 Å². The first-order valence-electron chi connectivity index (χ1n) is 7.24. The van der Waals surface area contributed by atoms with Gasteiger partial charge in [-0.1, -0.05) is 0 Å². The van der Waals surface area contributed by atoms with Crippen LogP contribution >= 0.6 is 0 Å². The van der Waals surface area contributed by atoms with Gasteiger partial charge in [-0.05, 0) is 50.4 Å². The first-order valence-corrected chi connectivity index (χ1v) is 7.24. The summed E-state index contributed by atoms with van der Waals surface area (Å²) in [6, 6.07) is 3.84. The monoisotopic (exact) mass is 301 g/mol. The van der Waals surface area contributed by atoms with Gasteiger partial charge in [0, 0.05) is 31.0 Å². The van der Waals surface area contributed by atoms with Gasteiger partial charge in [0.25, 0.3) is 0 Å². The van der Waals surface area contributed by atoms with Gasteiger partial charge < -0.3 is 5.73 Å². The number of pyridine rings is 1. The number of aromatic nitrogens is 1. The highest BCUT2D eigenvalue weighted by atomic mass is 19.4. The molecule has 0 aromatic carbocycles. The van der Waals surface area contributed by atoms with E-state index in [1.165, 1.54) is 0 Å². The van der Waals surface area contributed by atoms with Crippen LogP contribution in [-0.4, -0.2) is 35.2 Å². The number of nitrogens with zero attached hydrogens (tertiary/aromatic N) is 2. The third-order valence-corrected chi connectivity index (χ3v) is 4.74. The number of likely N-dealkylation sites (N-methyl/N-ethyl adjacent to an activating group) is 1. The summed E-state index contributed by atoms with van der Waals surface area (Å²) in [7, 11) is 1.95. The van der Waals surface area contributed by atoms with Crippen molar-refractivity contribution in [3.8, 4) is 0 Å². The van der Waals surface area contributed by atoms with Crippen molar-refractivity contribution in [3.63, 3.8) is 0 Å². The molecule has 1 heterocycles. The molecule has 3 nitrogen and oxygen atoms in total. The topological polar surface area (TPSA) is 42.2 Å². The van der Waals surface area contributed by atoms with Crippen LogP contribution < -0.4 is 5.73 Å². The lowest BCUT2D eigenvalue weighted by Crippen LogP contribution is -2.54. The molecule has 0 radical (unpaired) electrons. The van der Waals surface area contributed by atoms with Gasteiger partial charge >= 0.3 is 6.18 Å². The zero-order chi connectivity index (χ0) is 15.5. The van der Waals surface area contributed by atoms with Crippen molar-refractivity contribution in [2.75, 3.05) is 13.6 Å². The van der Waals surface area contributed by atoms with Gasteiger partial charge in [0.1, 0.15) is 0 Å². The number of rotatable bonds is 4. The van der Waals surface area contributed by atoms with Crippen molar-refractivity contribution in [1.82, 2.24) is 9.88 Å². The Morgan fingerprint density at radius 2 is 1.86 bits per heavy atom. The highest BCUT2D eigenvalue weighted by Crippen LogP contribution is 2.43. The molecule has 0 atom stereocenters. The Labute approximate surface area is 123 Å². The fourth-order valence-electron chi connectivity index (χ4n) is 3.15. The summed E-state index contributed by atoms with van der Waals surface area (Å²) in [5, 5.41) is 0. The van der Waals surface area contributed by atoms with E-state index in [1.54, 1.807) is 12.4 Å². The SMILES string of the molecule is CN(Cc1ccncc1)C1(CN)CCC(C(F)(F)F)CC1. The Morgan fingerprint density at radius 3 is 2.33 bits per heavy atom. The Morgan fingerprint density at radius 1 is 1.29 bits per heavy atom. The van der Waals surface area contributed by atoms with Crippen LogP contribution in [0.4, 0.5) is 13.2 Å². The van der Waals surface area contributed by atoms with Crippen molar-refractivity contribution < 1.29 is 13.2 Å². The lowest BCUT2D eigenvalue weighted by Gasteiger charge is -2.46. The fraction of sp³-hybridized carbons (Fsp3) is 0.667. The normalized spacial score (nSPS) is 27.0. The van der Waals surface area contributed by atoms with E-state index >= 15 is 0 Å². The van der Waals surface area contributed by atoms with E-state index in [4.69, 9.17) is 5.73 Å². The van der Waals surface area contributed by atoms with Crippen molar-refractivity contribution >= 4 is 0 Å². The van der Waals surface area contributed by atoms with Crippen LogP contribution in [-0.2, 0) is 6.54 Å². The Bertz CT molecular complexity index is 439. The molecule has 1 aliphatic rings. The first-order chi connectivity index (χ1) is 9.87. The third kappa shape index (κ3) is 3.74. The minimum absolute atomic E-state index is 0.168. The number of alkyl halides is 3. The molecule has 118 valence electrons. The van der Waals surface area contributed by atoms with Crippen LogP contribution in [0.25, 0.3) is 0 Å². The van der Waals surface area contributed by atoms with E-state index in [1.807, 2.05) is 19.2 Å². The predicted molar refractivity (Wildman–Crippen MR) is 75.5 cm³/mol. The molecule has 0 unspecified atom stereocenters. The molecule has 2 rings (SSSR count). The summed E-state index contributed by atoms with van der Waals surface area (Å²) in [6.45, 7) is 1.07. The Hall–Kier alpha value is -1.14. The molecular formula is C15H22F3N3. The van der Waals surface area contributed by atoms with Gasteiger partial charge in [0.2, 0.25) is 0 Å². The fourth-order valence-corrected chi connectivity index (χ4v) is 3.15. The van der Waals surface area contributed by atoms with Crippen molar-refractivity contribution in [3.05, 3.63) is 30.1 Å². The molecular weight excluding hydrogens is 279 g/mol. The molecule has 21 heavy (non-hydrogen) atoms. The van der Waals surface area contributed by atoms with Gasteiger partial charge in [-0.3, -0.25) is 9.88 Å². The van der Waals surface area contributed by atoms with E-state index in [9.17, 15) is 13.2 Å². The number of hydrogen-bond acceptors (Lipinski definition) is 3. The molecule has 6 heteroatoms. The van der Waals surface area contributed by atoms with E-state index in [-0.39, 0.29) is 18.4 Å². The maximum absolute atomic E-state index is 12.8. The average molecular weight is 301 g/mol. The van der Waals surface area contributed by atoms with E-state index in [0.29, 0.717) is 25.9 Å². The zero-order valence-corrected chi connectivity index (χ0v) is 12.2. The summed E-state index contributed by atoms with van der Waals surface area (Å²) >= 11 is 0. The largest absolute Gasteiger partial charge is 0.391 e. The first kappa shape index (κ1) is 16.2. The molecule has 1 aromatic heterocycles. The molecule has 0 bridgehead atoms. The van der Waals surface area contributed by atoms with E-state index < -0.39 is 12.1 Å². The number of halogens is 3. The van der Waals surface area contributed by atoms with Gasteiger partial charge in [-0.15, -0.1) is 0 Å². The molecule has 0 spiro atoms. The second-order valence-corrected chi connectivity index (χ2v) is 5.96. The maximum atomic E-state index is 12.8. The third-order valence-electron chi connectivity index (χ3n) is 4.74. The smallest absolute Gasteiger partial charge is 0.329 e. The van der Waals surface area contributed by atoms with Crippen LogP contribution in [0.1, 0.15) is 31.2 Å². The highest BCUT2D eigenvalue weighted by Gasteiger charge is 2.46. The second-order valence-electron chi connectivity index (χ2n) is 5.96. The molecule has 1 saturated carbocycles. The molecule has 1 aliphatic carbocycles.